The molecule has 12 heteroatoms. The molecule has 0 saturated carbocycles. The van der Waals surface area contributed by atoms with Gasteiger partial charge in [-0.25, -0.2) is 0 Å². The maximum Gasteiger partial charge on any atom is 0.673 e. The molecule has 0 atom stereocenters. The molecular formula is C37H36BF10N. The summed E-state index contributed by atoms with van der Waals surface area (Å²) in [7, 11) is -6.00. The van der Waals surface area contributed by atoms with Crippen LogP contribution in [0.2, 0.25) is 0 Å². The average Bonchev–Trinajstić information content (AvgIpc) is 2.93. The van der Waals surface area contributed by atoms with Crippen LogP contribution in [0.3, 0.4) is 0 Å². The van der Waals surface area contributed by atoms with Crippen LogP contribution >= 0.6 is 0 Å². The molecule has 1 nitrogen and oxygen atoms in total. The molecule has 5 aromatic rings. The topological polar surface area (TPSA) is 3.88 Å². The van der Waals surface area contributed by atoms with Gasteiger partial charge in [-0.1, -0.05) is 71.9 Å². The zero-order chi connectivity index (χ0) is 37.1. The molecule has 0 aliphatic carbocycles. The van der Waals surface area contributed by atoms with Gasteiger partial charge in [0.05, 0.1) is 21.9 Å². The average molecular weight is 695 g/mol. The molecule has 0 aliphatic heterocycles. The first-order valence-electron chi connectivity index (χ1n) is 15.4. The summed E-state index contributed by atoms with van der Waals surface area (Å²) in [6.45, 7) is 16.2. The van der Waals surface area contributed by atoms with Gasteiger partial charge in [-0.05, 0) is 70.7 Å². The number of pyridine rings is 1. The van der Waals surface area contributed by atoms with Crippen molar-refractivity contribution in [1.82, 2.24) is 0 Å². The van der Waals surface area contributed by atoms with Crippen LogP contribution in [0.5, 0.6) is 0 Å². The van der Waals surface area contributed by atoms with Crippen LogP contribution in [-0.4, -0.2) is 7.25 Å². The van der Waals surface area contributed by atoms with Crippen LogP contribution in [0.1, 0.15) is 74.9 Å². The lowest BCUT2D eigenvalue weighted by Crippen LogP contribution is -2.35. The Kier molecular flexibility index (Phi) is 9.75. The van der Waals surface area contributed by atoms with Crippen LogP contribution in [0.4, 0.5) is 43.6 Å². The molecule has 1 heterocycles. The van der Waals surface area contributed by atoms with E-state index < -0.39 is 30.7 Å². The van der Waals surface area contributed by atoms with Crippen molar-refractivity contribution in [1.29, 1.82) is 0 Å². The molecular weight excluding hydrogens is 659 g/mol. The fourth-order valence-electron chi connectivity index (χ4n) is 5.89. The van der Waals surface area contributed by atoms with Crippen molar-refractivity contribution in [2.45, 2.75) is 78.6 Å². The Morgan fingerprint density at radius 1 is 0.490 bits per heavy atom. The number of nitrogens with zero attached hydrogens (tertiary/aromatic N) is 1. The van der Waals surface area contributed by atoms with E-state index in [1.165, 1.54) is 0 Å². The van der Waals surface area contributed by atoms with Crippen molar-refractivity contribution >= 4 is 29.1 Å². The predicted molar refractivity (Wildman–Crippen MR) is 175 cm³/mol. The van der Waals surface area contributed by atoms with Gasteiger partial charge in [-0.3, -0.25) is 0 Å². The van der Waals surface area contributed by atoms with Crippen LogP contribution in [0, 0.1) is 13.8 Å². The van der Waals surface area contributed by atoms with E-state index in [1.54, 1.807) is 4.57 Å². The maximum atomic E-state index is 14.1. The summed E-state index contributed by atoms with van der Waals surface area (Å²) in [5.41, 5.74) is 3.20. The van der Waals surface area contributed by atoms with Crippen molar-refractivity contribution in [2.24, 2.45) is 0 Å². The summed E-state index contributed by atoms with van der Waals surface area (Å²) >= 11 is 0. The molecule has 5 rings (SSSR count). The molecule has 0 amide bonds. The minimum absolute atomic E-state index is 0.181. The monoisotopic (exact) mass is 695 g/mol. The number of halogens is 10. The molecule has 262 valence electrons. The Labute approximate surface area is 278 Å². The zero-order valence-electron chi connectivity index (χ0n) is 28.2. The van der Waals surface area contributed by atoms with Crippen molar-refractivity contribution in [3.63, 3.8) is 0 Å². The minimum atomic E-state index is -6.00. The second kappa shape index (κ2) is 12.7. The SMILES string of the molecule is Cc1cccc(C)c1-c1c2ccc(C(C)(C)C)cc2[n+](-c2cc(C(F)(F)F)cc(C(F)(F)F)c2)c2cc(C(C)(C)C)ccc12.F[B-](F)(F)F. The number of hydrogen-bond donors (Lipinski definition) is 0. The highest BCUT2D eigenvalue weighted by atomic mass is 19.5. The standard InChI is InChI=1S/C37H36F6N.BF4/c1-21-10-9-11-22(2)32(21)33-28-14-12-23(34(3,4)5)19-30(28)44(31-20-24(35(6,7)8)13-15-29(31)33)27-17-25(36(38,39)40)16-26(18-27)37(41,42)43;2-1(3,4)5/h9-20H,1-8H3;/q+1;-1. The first-order valence-corrected chi connectivity index (χ1v) is 15.4. The van der Waals surface area contributed by atoms with Crippen molar-refractivity contribution in [3.8, 4) is 16.8 Å². The van der Waals surface area contributed by atoms with Gasteiger partial charge >= 0.3 is 19.6 Å². The lowest BCUT2D eigenvalue weighted by Gasteiger charge is -2.23. The zero-order valence-corrected chi connectivity index (χ0v) is 28.2. The Morgan fingerprint density at radius 2 is 0.857 bits per heavy atom. The van der Waals surface area contributed by atoms with Gasteiger partial charge in [0.2, 0.25) is 16.7 Å². The van der Waals surface area contributed by atoms with E-state index in [-0.39, 0.29) is 22.6 Å². The number of alkyl halides is 6. The van der Waals surface area contributed by atoms with Gasteiger partial charge in [0, 0.05) is 29.8 Å². The Hall–Kier alpha value is -4.09. The summed E-state index contributed by atoms with van der Waals surface area (Å²) in [4.78, 5) is 0. The van der Waals surface area contributed by atoms with E-state index in [0.717, 1.165) is 56.3 Å². The van der Waals surface area contributed by atoms with Crippen molar-refractivity contribution in [2.75, 3.05) is 0 Å². The highest BCUT2D eigenvalue weighted by Gasteiger charge is 2.39. The summed E-state index contributed by atoms with van der Waals surface area (Å²) in [6, 6.07) is 19.5. The molecule has 0 bridgehead atoms. The molecule has 0 aliphatic rings. The number of aryl methyl sites for hydroxylation is 2. The molecule has 1 aromatic heterocycles. The normalized spacial score (nSPS) is 13.1. The van der Waals surface area contributed by atoms with Gasteiger partial charge < -0.3 is 17.3 Å². The number of fused-ring (bicyclic) bond motifs is 2. The van der Waals surface area contributed by atoms with E-state index in [2.05, 4.69) is 0 Å². The highest BCUT2D eigenvalue weighted by molar-refractivity contribution is 6.50. The minimum Gasteiger partial charge on any atom is -0.418 e. The van der Waals surface area contributed by atoms with Gasteiger partial charge in [0.15, 0.2) is 0 Å². The lowest BCUT2D eigenvalue weighted by molar-refractivity contribution is -0.538. The van der Waals surface area contributed by atoms with Crippen molar-refractivity contribution in [3.05, 3.63) is 106 Å². The molecule has 0 saturated heterocycles. The fraction of sp³-hybridized carbons (Fsp3) is 0.324. The van der Waals surface area contributed by atoms with Crippen LogP contribution in [-0.2, 0) is 23.2 Å². The van der Waals surface area contributed by atoms with E-state index in [4.69, 9.17) is 0 Å². The van der Waals surface area contributed by atoms with Crippen LogP contribution < -0.4 is 4.57 Å². The lowest BCUT2D eigenvalue weighted by atomic mass is 9.83. The fourth-order valence-corrected chi connectivity index (χ4v) is 5.89. The third-order valence-electron chi connectivity index (χ3n) is 8.31. The highest BCUT2D eigenvalue weighted by Crippen LogP contribution is 2.42. The van der Waals surface area contributed by atoms with E-state index >= 15 is 0 Å². The van der Waals surface area contributed by atoms with Gasteiger partial charge in [0.25, 0.3) is 0 Å². The van der Waals surface area contributed by atoms with Gasteiger partial charge in [0.1, 0.15) is 0 Å². The van der Waals surface area contributed by atoms with Crippen LogP contribution in [0.25, 0.3) is 38.6 Å². The molecule has 0 N–H and O–H groups in total. The molecule has 0 radical (unpaired) electrons. The number of aromatic nitrogens is 1. The Bertz CT molecular complexity index is 1890. The molecule has 0 unspecified atom stereocenters. The molecule has 0 spiro atoms. The Morgan fingerprint density at radius 3 is 1.18 bits per heavy atom. The van der Waals surface area contributed by atoms with E-state index in [9.17, 15) is 43.6 Å². The number of benzene rings is 4. The summed E-state index contributed by atoms with van der Waals surface area (Å²) in [5, 5.41) is 1.47. The molecule has 49 heavy (non-hydrogen) atoms. The summed E-state index contributed by atoms with van der Waals surface area (Å²) in [5.74, 6) is 0. The largest absolute Gasteiger partial charge is 0.673 e. The number of hydrogen-bond acceptors (Lipinski definition) is 0. The van der Waals surface area contributed by atoms with E-state index in [0.29, 0.717) is 11.0 Å². The van der Waals surface area contributed by atoms with Crippen LogP contribution in [0.15, 0.2) is 72.8 Å². The Balaban J connectivity index is 0.00000101. The molecule has 0 fully saturated rings. The first-order chi connectivity index (χ1) is 22.2. The smallest absolute Gasteiger partial charge is 0.418 e. The van der Waals surface area contributed by atoms with Gasteiger partial charge in [-0.2, -0.15) is 30.9 Å². The third kappa shape index (κ3) is 8.39. The quantitative estimate of drug-likeness (QED) is 0.0749. The first kappa shape index (κ1) is 37.7. The third-order valence-corrected chi connectivity index (χ3v) is 8.31. The predicted octanol–water partition coefficient (Wildman–Crippen LogP) is 12.5. The second-order valence-corrected chi connectivity index (χ2v) is 14.2. The van der Waals surface area contributed by atoms with Gasteiger partial charge in [-0.15, -0.1) is 0 Å². The second-order valence-electron chi connectivity index (χ2n) is 14.2. The summed E-state index contributed by atoms with van der Waals surface area (Å²) in [6.07, 6.45) is -9.96. The van der Waals surface area contributed by atoms with E-state index in [1.807, 2.05) is 110 Å². The number of rotatable bonds is 2. The van der Waals surface area contributed by atoms with Crippen molar-refractivity contribution < 1.29 is 48.2 Å². The summed E-state index contributed by atoms with van der Waals surface area (Å²) < 4.78 is 125. The maximum absolute atomic E-state index is 14.1. The molecule has 4 aromatic carbocycles.